The molecule has 0 aromatic heterocycles. The van der Waals surface area contributed by atoms with Gasteiger partial charge in [0.1, 0.15) is 0 Å². The second-order valence-electron chi connectivity index (χ2n) is 12.3. The third kappa shape index (κ3) is 3.54. The molecule has 0 aromatic rings. The summed E-state index contributed by atoms with van der Waals surface area (Å²) < 4.78 is 0. The van der Waals surface area contributed by atoms with Crippen LogP contribution in [0.1, 0.15) is 92.9 Å². The van der Waals surface area contributed by atoms with Crippen LogP contribution in [0.25, 0.3) is 0 Å². The maximum Gasteiger partial charge on any atom is 0.0758 e. The van der Waals surface area contributed by atoms with Crippen LogP contribution in [0.3, 0.4) is 0 Å². The molecule has 2 N–H and O–H groups in total. The van der Waals surface area contributed by atoms with Gasteiger partial charge in [-0.15, -0.1) is 0 Å². The number of fused-ring (bicyclic) bond motifs is 4. The third-order valence-corrected chi connectivity index (χ3v) is 10.5. The summed E-state index contributed by atoms with van der Waals surface area (Å²) in [6.45, 7) is 14.4. The number of aliphatic hydroxyl groups is 2. The first kappa shape index (κ1) is 22.6. The Morgan fingerprint density at radius 3 is 2.37 bits per heavy atom. The predicted octanol–water partition coefficient (Wildman–Crippen LogP) is 6.53. The molecule has 0 saturated heterocycles. The smallest absolute Gasteiger partial charge is 0.0758 e. The average Bonchev–Trinajstić information content (AvgIpc) is 3.04. The fraction of sp³-hybridized carbons (Fsp3) is 0.857. The third-order valence-electron chi connectivity index (χ3n) is 10.5. The van der Waals surface area contributed by atoms with E-state index in [9.17, 15) is 10.2 Å². The molecule has 4 rings (SSSR count). The Hall–Kier alpha value is -0.600. The molecule has 3 fully saturated rings. The van der Waals surface area contributed by atoms with E-state index in [1.165, 1.54) is 31.3 Å². The minimum atomic E-state index is -0.279. The summed E-state index contributed by atoms with van der Waals surface area (Å²) in [6, 6.07) is 0. The van der Waals surface area contributed by atoms with Crippen LogP contribution in [0, 0.1) is 46.3 Å². The Morgan fingerprint density at radius 2 is 1.67 bits per heavy atom. The highest BCUT2D eigenvalue weighted by atomic mass is 16.3. The molecule has 0 spiro atoms. The van der Waals surface area contributed by atoms with Gasteiger partial charge in [-0.1, -0.05) is 59.3 Å². The number of allylic oxidation sites excluding steroid dienone is 3. The molecular weight excluding hydrogens is 368 g/mol. The first-order valence-electron chi connectivity index (χ1n) is 12.9. The predicted molar refractivity (Wildman–Crippen MR) is 125 cm³/mol. The first-order chi connectivity index (χ1) is 14.1. The normalized spacial score (nSPS) is 46.0. The van der Waals surface area contributed by atoms with Gasteiger partial charge in [0.25, 0.3) is 0 Å². The molecule has 170 valence electrons. The monoisotopic (exact) mass is 414 g/mol. The zero-order valence-electron chi connectivity index (χ0n) is 20.3. The van der Waals surface area contributed by atoms with Gasteiger partial charge in [-0.05, 0) is 103 Å². The van der Waals surface area contributed by atoms with Crippen molar-refractivity contribution in [3.8, 4) is 0 Å². The molecule has 2 nitrogen and oxygen atoms in total. The minimum absolute atomic E-state index is 0.157. The standard InChI is InChI=1S/C28H46O2/c1-17(2)18(3)7-8-19(4)22-9-10-23-26-24(12-14-28(22,23)6)27(5)13-11-21(29)15-20(27)16-25(26)30/h7-8,17-22,24-25,29-30H,9-16H2,1-6H3/b8-7+/t18-,19+,20?,21-,22+,24?,25+,27-,28+/m0/s1. The van der Waals surface area contributed by atoms with Crippen molar-refractivity contribution in [3.05, 3.63) is 23.3 Å². The second-order valence-corrected chi connectivity index (χ2v) is 12.3. The molecule has 2 heteroatoms. The van der Waals surface area contributed by atoms with Crippen LogP contribution >= 0.6 is 0 Å². The van der Waals surface area contributed by atoms with Crippen LogP contribution in [-0.2, 0) is 0 Å². The molecule has 0 heterocycles. The van der Waals surface area contributed by atoms with E-state index in [-0.39, 0.29) is 23.0 Å². The minimum Gasteiger partial charge on any atom is -0.393 e. The maximum atomic E-state index is 11.3. The van der Waals surface area contributed by atoms with E-state index in [1.807, 2.05) is 0 Å². The number of hydrogen-bond acceptors (Lipinski definition) is 2. The Balaban J connectivity index is 1.62. The molecule has 9 atom stereocenters. The van der Waals surface area contributed by atoms with Crippen molar-refractivity contribution >= 4 is 0 Å². The van der Waals surface area contributed by atoms with Crippen LogP contribution in [0.5, 0.6) is 0 Å². The highest BCUT2D eigenvalue weighted by Crippen LogP contribution is 2.65. The van der Waals surface area contributed by atoms with Gasteiger partial charge in [-0.3, -0.25) is 0 Å². The number of rotatable bonds is 4. The molecule has 4 aliphatic carbocycles. The van der Waals surface area contributed by atoms with E-state index in [1.54, 1.807) is 5.57 Å². The highest BCUT2D eigenvalue weighted by Gasteiger charge is 2.57. The van der Waals surface area contributed by atoms with Gasteiger partial charge in [0.05, 0.1) is 12.2 Å². The van der Waals surface area contributed by atoms with Crippen molar-refractivity contribution in [2.45, 2.75) is 105 Å². The molecule has 3 saturated carbocycles. The topological polar surface area (TPSA) is 40.5 Å². The van der Waals surface area contributed by atoms with Crippen molar-refractivity contribution in [1.82, 2.24) is 0 Å². The summed E-state index contributed by atoms with van der Waals surface area (Å²) in [5.74, 6) is 3.64. The molecular formula is C28H46O2. The van der Waals surface area contributed by atoms with Crippen LogP contribution in [0.15, 0.2) is 23.3 Å². The average molecular weight is 415 g/mol. The molecule has 0 amide bonds. The van der Waals surface area contributed by atoms with Gasteiger partial charge in [0, 0.05) is 0 Å². The van der Waals surface area contributed by atoms with Gasteiger partial charge in [0.15, 0.2) is 0 Å². The van der Waals surface area contributed by atoms with E-state index in [2.05, 4.69) is 53.7 Å². The fourth-order valence-electron chi connectivity index (χ4n) is 8.03. The second kappa shape index (κ2) is 8.07. The van der Waals surface area contributed by atoms with Crippen molar-refractivity contribution in [1.29, 1.82) is 0 Å². The molecule has 0 bridgehead atoms. The van der Waals surface area contributed by atoms with Gasteiger partial charge >= 0.3 is 0 Å². The van der Waals surface area contributed by atoms with E-state index >= 15 is 0 Å². The summed E-state index contributed by atoms with van der Waals surface area (Å²) in [5.41, 5.74) is 3.63. The van der Waals surface area contributed by atoms with Gasteiger partial charge in [-0.2, -0.15) is 0 Å². The van der Waals surface area contributed by atoms with E-state index in [0.29, 0.717) is 35.5 Å². The van der Waals surface area contributed by atoms with Gasteiger partial charge in [0.2, 0.25) is 0 Å². The Kier molecular flexibility index (Phi) is 6.08. The summed E-state index contributed by atoms with van der Waals surface area (Å²) in [6.07, 6.45) is 13.3. The van der Waals surface area contributed by atoms with Crippen LogP contribution in [-0.4, -0.2) is 22.4 Å². The van der Waals surface area contributed by atoms with Gasteiger partial charge in [-0.25, -0.2) is 0 Å². The summed E-state index contributed by atoms with van der Waals surface area (Å²) in [5, 5.41) is 21.6. The number of aliphatic hydroxyl groups excluding tert-OH is 2. The molecule has 4 aliphatic rings. The van der Waals surface area contributed by atoms with Crippen LogP contribution in [0.4, 0.5) is 0 Å². The molecule has 2 unspecified atom stereocenters. The maximum absolute atomic E-state index is 11.3. The summed E-state index contributed by atoms with van der Waals surface area (Å²) >= 11 is 0. The quantitative estimate of drug-likeness (QED) is 0.514. The fourth-order valence-corrected chi connectivity index (χ4v) is 8.03. The lowest BCUT2D eigenvalue weighted by Crippen LogP contribution is -2.52. The largest absolute Gasteiger partial charge is 0.393 e. The Morgan fingerprint density at radius 1 is 0.933 bits per heavy atom. The summed E-state index contributed by atoms with van der Waals surface area (Å²) in [4.78, 5) is 0. The lowest BCUT2D eigenvalue weighted by Gasteiger charge is -2.58. The summed E-state index contributed by atoms with van der Waals surface area (Å²) in [7, 11) is 0. The van der Waals surface area contributed by atoms with E-state index in [0.717, 1.165) is 25.7 Å². The zero-order chi connectivity index (χ0) is 21.8. The molecule has 30 heavy (non-hydrogen) atoms. The van der Waals surface area contributed by atoms with Gasteiger partial charge < -0.3 is 10.2 Å². The van der Waals surface area contributed by atoms with Crippen molar-refractivity contribution in [2.75, 3.05) is 0 Å². The zero-order valence-corrected chi connectivity index (χ0v) is 20.3. The molecule has 0 radical (unpaired) electrons. The SMILES string of the molecule is CC(C)[C@@H](C)/C=C/[C@@H](C)[C@H]1CCC2=C3C(CC[C@@]21C)[C@@]1(C)CC[C@H](O)CC1C[C@H]3O. The first-order valence-corrected chi connectivity index (χ1v) is 12.9. The van der Waals surface area contributed by atoms with Crippen molar-refractivity contribution in [3.63, 3.8) is 0 Å². The van der Waals surface area contributed by atoms with Crippen molar-refractivity contribution < 1.29 is 10.2 Å². The lowest BCUT2D eigenvalue weighted by molar-refractivity contribution is -0.0661. The van der Waals surface area contributed by atoms with E-state index < -0.39 is 0 Å². The lowest BCUT2D eigenvalue weighted by atomic mass is 9.48. The Bertz CT molecular complexity index is 705. The molecule has 0 aliphatic heterocycles. The number of hydrogen-bond donors (Lipinski definition) is 2. The van der Waals surface area contributed by atoms with Crippen LogP contribution in [0.2, 0.25) is 0 Å². The van der Waals surface area contributed by atoms with Crippen molar-refractivity contribution in [2.24, 2.45) is 46.3 Å². The van der Waals surface area contributed by atoms with E-state index in [4.69, 9.17) is 0 Å². The highest BCUT2D eigenvalue weighted by molar-refractivity contribution is 5.37. The van der Waals surface area contributed by atoms with Crippen LogP contribution < -0.4 is 0 Å². The Labute approximate surface area is 185 Å². The molecule has 0 aromatic carbocycles.